The Morgan fingerprint density at radius 2 is 1.59 bits per heavy atom. The Bertz CT molecular complexity index is 199. The molecule has 0 saturated carbocycles. The van der Waals surface area contributed by atoms with Crippen molar-refractivity contribution in [2.75, 3.05) is 14.2 Å². The molecule has 102 valence electrons. The minimum absolute atomic E-state index is 0.111. The summed E-state index contributed by atoms with van der Waals surface area (Å²) in [6.45, 7) is 6.10. The molecule has 0 saturated heterocycles. The first-order chi connectivity index (χ1) is 8.10. The number of ether oxygens (including phenoxy) is 2. The number of methoxy groups -OCH3 is 2. The summed E-state index contributed by atoms with van der Waals surface area (Å²) in [5.74, 6) is 0.224. The number of rotatable bonds is 9. The molecule has 0 fully saturated rings. The summed E-state index contributed by atoms with van der Waals surface area (Å²) in [4.78, 5) is 12.0. The van der Waals surface area contributed by atoms with Gasteiger partial charge in [-0.15, -0.1) is 0 Å². The van der Waals surface area contributed by atoms with Crippen LogP contribution < -0.4 is 5.32 Å². The van der Waals surface area contributed by atoms with E-state index in [1.165, 1.54) is 0 Å². The fourth-order valence-corrected chi connectivity index (χ4v) is 2.02. The molecule has 0 radical (unpaired) electrons. The molecule has 0 aromatic heterocycles. The lowest BCUT2D eigenvalue weighted by Gasteiger charge is -2.24. The molecule has 0 aliphatic carbocycles. The van der Waals surface area contributed by atoms with Crippen LogP contribution in [-0.2, 0) is 14.3 Å². The quantitative estimate of drug-likeness (QED) is 0.634. The molecule has 0 aliphatic rings. The Hall–Kier alpha value is -0.610. The normalized spacial score (nSPS) is 13.1. The van der Waals surface area contributed by atoms with Crippen molar-refractivity contribution in [3.63, 3.8) is 0 Å². The highest BCUT2D eigenvalue weighted by molar-refractivity contribution is 5.78. The molecule has 1 atom stereocenters. The van der Waals surface area contributed by atoms with Crippen LogP contribution >= 0.6 is 0 Å². The van der Waals surface area contributed by atoms with Crippen LogP contribution in [0, 0.1) is 5.92 Å². The van der Waals surface area contributed by atoms with Gasteiger partial charge in [-0.05, 0) is 19.8 Å². The third-order valence-corrected chi connectivity index (χ3v) is 2.89. The van der Waals surface area contributed by atoms with E-state index in [4.69, 9.17) is 9.47 Å². The molecule has 0 aliphatic heterocycles. The van der Waals surface area contributed by atoms with Crippen molar-refractivity contribution < 1.29 is 14.3 Å². The van der Waals surface area contributed by atoms with Crippen molar-refractivity contribution in [3.05, 3.63) is 0 Å². The van der Waals surface area contributed by atoms with Gasteiger partial charge in [0.25, 0.3) is 0 Å². The molecule has 0 rings (SSSR count). The van der Waals surface area contributed by atoms with Gasteiger partial charge >= 0.3 is 0 Å². The second-order valence-corrected chi connectivity index (χ2v) is 4.41. The van der Waals surface area contributed by atoms with E-state index in [0.717, 1.165) is 25.7 Å². The van der Waals surface area contributed by atoms with E-state index in [1.807, 2.05) is 6.92 Å². The van der Waals surface area contributed by atoms with Crippen molar-refractivity contribution >= 4 is 5.91 Å². The Morgan fingerprint density at radius 3 is 1.94 bits per heavy atom. The van der Waals surface area contributed by atoms with E-state index in [2.05, 4.69) is 19.2 Å². The maximum atomic E-state index is 12.0. The molecule has 0 spiro atoms. The summed E-state index contributed by atoms with van der Waals surface area (Å²) in [5, 5.41) is 2.96. The summed E-state index contributed by atoms with van der Waals surface area (Å²) < 4.78 is 10.2. The van der Waals surface area contributed by atoms with E-state index < -0.39 is 0 Å². The van der Waals surface area contributed by atoms with E-state index in [1.54, 1.807) is 14.2 Å². The van der Waals surface area contributed by atoms with Crippen molar-refractivity contribution in [3.8, 4) is 0 Å². The first-order valence-corrected chi connectivity index (χ1v) is 6.46. The Balaban J connectivity index is 4.27. The average molecular weight is 245 g/mol. The molecule has 17 heavy (non-hydrogen) atoms. The second-order valence-electron chi connectivity index (χ2n) is 4.41. The second kappa shape index (κ2) is 9.42. The standard InChI is InChI=1S/C13H27NO3/c1-6-8-11(9-7-2)12(15)14-10(3)13(16-4)17-5/h10-11,13H,6-9H2,1-5H3,(H,14,15). The number of carbonyl (C=O) groups is 1. The monoisotopic (exact) mass is 245 g/mol. The zero-order chi connectivity index (χ0) is 13.3. The van der Waals surface area contributed by atoms with Gasteiger partial charge in [-0.2, -0.15) is 0 Å². The van der Waals surface area contributed by atoms with Gasteiger partial charge in [-0.1, -0.05) is 26.7 Å². The molecule has 0 bridgehead atoms. The largest absolute Gasteiger partial charge is 0.354 e. The first-order valence-electron chi connectivity index (χ1n) is 6.46. The van der Waals surface area contributed by atoms with E-state index in [9.17, 15) is 4.79 Å². The summed E-state index contributed by atoms with van der Waals surface area (Å²) in [6, 6.07) is -0.131. The molecule has 1 unspecified atom stereocenters. The van der Waals surface area contributed by atoms with Crippen molar-refractivity contribution in [1.82, 2.24) is 5.32 Å². The molecule has 0 heterocycles. The van der Waals surface area contributed by atoms with Crippen LogP contribution in [0.15, 0.2) is 0 Å². The Kier molecular flexibility index (Phi) is 9.09. The molecule has 0 aromatic carbocycles. The highest BCUT2D eigenvalue weighted by Gasteiger charge is 2.22. The predicted octanol–water partition coefficient (Wildman–Crippen LogP) is 2.33. The van der Waals surface area contributed by atoms with E-state index in [0.29, 0.717) is 0 Å². The zero-order valence-electron chi connectivity index (χ0n) is 11.8. The first kappa shape index (κ1) is 16.4. The lowest BCUT2D eigenvalue weighted by molar-refractivity contribution is -0.138. The minimum atomic E-state index is -0.386. The summed E-state index contributed by atoms with van der Waals surface area (Å²) in [7, 11) is 3.15. The van der Waals surface area contributed by atoms with Gasteiger partial charge < -0.3 is 14.8 Å². The van der Waals surface area contributed by atoms with E-state index in [-0.39, 0.29) is 24.2 Å². The Labute approximate surface area is 105 Å². The molecule has 1 N–H and O–H groups in total. The predicted molar refractivity (Wildman–Crippen MR) is 68.7 cm³/mol. The Morgan fingerprint density at radius 1 is 1.12 bits per heavy atom. The van der Waals surface area contributed by atoms with Crippen LogP contribution in [0.5, 0.6) is 0 Å². The highest BCUT2D eigenvalue weighted by Crippen LogP contribution is 2.14. The molecular formula is C13H27NO3. The molecule has 1 amide bonds. The number of nitrogens with one attached hydrogen (secondary N) is 1. The summed E-state index contributed by atoms with van der Waals surface area (Å²) in [6.07, 6.45) is 3.56. The molecule has 0 aromatic rings. The smallest absolute Gasteiger partial charge is 0.223 e. The maximum absolute atomic E-state index is 12.0. The van der Waals surface area contributed by atoms with Gasteiger partial charge in [-0.3, -0.25) is 4.79 Å². The topological polar surface area (TPSA) is 47.6 Å². The fraction of sp³-hybridized carbons (Fsp3) is 0.923. The highest BCUT2D eigenvalue weighted by atomic mass is 16.7. The average Bonchev–Trinajstić information content (AvgIpc) is 2.30. The lowest BCUT2D eigenvalue weighted by atomic mass is 9.97. The number of hydrogen-bond donors (Lipinski definition) is 1. The minimum Gasteiger partial charge on any atom is -0.354 e. The van der Waals surface area contributed by atoms with Crippen molar-refractivity contribution in [2.24, 2.45) is 5.92 Å². The van der Waals surface area contributed by atoms with Crippen LogP contribution in [0.1, 0.15) is 46.5 Å². The molecule has 4 heteroatoms. The van der Waals surface area contributed by atoms with Gasteiger partial charge in [0.05, 0.1) is 6.04 Å². The number of amides is 1. The summed E-state index contributed by atoms with van der Waals surface area (Å²) >= 11 is 0. The lowest BCUT2D eigenvalue weighted by Crippen LogP contribution is -2.45. The summed E-state index contributed by atoms with van der Waals surface area (Å²) in [5.41, 5.74) is 0. The van der Waals surface area contributed by atoms with Crippen LogP contribution in [0.2, 0.25) is 0 Å². The third kappa shape index (κ3) is 6.03. The fourth-order valence-electron chi connectivity index (χ4n) is 2.02. The van der Waals surface area contributed by atoms with Crippen LogP contribution in [0.4, 0.5) is 0 Å². The number of carbonyl (C=O) groups excluding carboxylic acids is 1. The van der Waals surface area contributed by atoms with Gasteiger partial charge in [0.1, 0.15) is 0 Å². The van der Waals surface area contributed by atoms with Crippen LogP contribution in [0.25, 0.3) is 0 Å². The van der Waals surface area contributed by atoms with Gasteiger partial charge in [0, 0.05) is 20.1 Å². The van der Waals surface area contributed by atoms with Gasteiger partial charge in [0.2, 0.25) is 5.91 Å². The molecular weight excluding hydrogens is 218 g/mol. The van der Waals surface area contributed by atoms with Gasteiger partial charge in [0.15, 0.2) is 6.29 Å². The molecule has 4 nitrogen and oxygen atoms in total. The third-order valence-electron chi connectivity index (χ3n) is 2.89. The van der Waals surface area contributed by atoms with Crippen molar-refractivity contribution in [1.29, 1.82) is 0 Å². The van der Waals surface area contributed by atoms with E-state index >= 15 is 0 Å². The van der Waals surface area contributed by atoms with Crippen LogP contribution in [-0.4, -0.2) is 32.5 Å². The SMILES string of the molecule is CCCC(CCC)C(=O)NC(C)C(OC)OC. The zero-order valence-corrected chi connectivity index (χ0v) is 11.8. The van der Waals surface area contributed by atoms with Crippen molar-refractivity contribution in [2.45, 2.75) is 58.8 Å². The van der Waals surface area contributed by atoms with Gasteiger partial charge in [-0.25, -0.2) is 0 Å². The number of hydrogen-bond acceptors (Lipinski definition) is 3. The van der Waals surface area contributed by atoms with Crippen LogP contribution in [0.3, 0.4) is 0 Å². The maximum Gasteiger partial charge on any atom is 0.223 e.